The summed E-state index contributed by atoms with van der Waals surface area (Å²) in [5.41, 5.74) is 2.59. The Morgan fingerprint density at radius 2 is 1.92 bits per heavy atom. The van der Waals surface area contributed by atoms with Crippen molar-refractivity contribution in [3.63, 3.8) is 0 Å². The lowest BCUT2D eigenvalue weighted by atomic mass is 10.0. The predicted octanol–water partition coefficient (Wildman–Crippen LogP) is 2.83. The second kappa shape index (κ2) is 9.97. The summed E-state index contributed by atoms with van der Waals surface area (Å²) in [6.45, 7) is 2.90. The molecule has 0 radical (unpaired) electrons. The molecule has 0 aromatic heterocycles. The van der Waals surface area contributed by atoms with Gasteiger partial charge in [-0.2, -0.15) is 0 Å². The third-order valence-corrected chi connectivity index (χ3v) is 4.63. The third-order valence-electron chi connectivity index (χ3n) is 4.63. The third kappa shape index (κ3) is 6.00. The fourth-order valence-corrected chi connectivity index (χ4v) is 3.14. The summed E-state index contributed by atoms with van der Waals surface area (Å²) in [5.74, 6) is -1.01. The molecule has 25 heavy (non-hydrogen) atoms. The summed E-state index contributed by atoms with van der Waals surface area (Å²) in [6.07, 6.45) is 6.43. The van der Waals surface area contributed by atoms with Crippen LogP contribution < -0.4 is 0 Å². The van der Waals surface area contributed by atoms with Crippen molar-refractivity contribution in [2.24, 2.45) is 0 Å². The number of rotatable bonds is 8. The van der Waals surface area contributed by atoms with Crippen molar-refractivity contribution in [3.05, 3.63) is 35.4 Å². The van der Waals surface area contributed by atoms with Crippen LogP contribution in [0, 0.1) is 6.92 Å². The number of benzene rings is 1. The number of ether oxygens (including phenoxy) is 1. The Hall–Kier alpha value is -2.17. The van der Waals surface area contributed by atoms with Gasteiger partial charge in [0.2, 0.25) is 6.29 Å². The van der Waals surface area contributed by atoms with Crippen LogP contribution in [-0.4, -0.2) is 42.3 Å². The number of carbonyl (C=O) groups excluding carboxylic acids is 3. The molecule has 5 heteroatoms. The molecule has 0 bridgehead atoms. The SMILES string of the molecule is Cc1ccc(CCCCCOC(=O)C2CCCCN2C(=O)C=O)cc1. The van der Waals surface area contributed by atoms with Gasteiger partial charge in [-0.1, -0.05) is 29.8 Å². The summed E-state index contributed by atoms with van der Waals surface area (Å²) in [5, 5.41) is 0. The zero-order chi connectivity index (χ0) is 18.1. The second-order valence-electron chi connectivity index (χ2n) is 6.62. The van der Waals surface area contributed by atoms with Crippen molar-refractivity contribution in [3.8, 4) is 0 Å². The van der Waals surface area contributed by atoms with Crippen molar-refractivity contribution >= 4 is 18.2 Å². The molecule has 0 spiro atoms. The van der Waals surface area contributed by atoms with Crippen LogP contribution in [0.3, 0.4) is 0 Å². The number of hydrogen-bond acceptors (Lipinski definition) is 4. The van der Waals surface area contributed by atoms with E-state index in [-0.39, 0.29) is 12.3 Å². The van der Waals surface area contributed by atoms with Crippen molar-refractivity contribution < 1.29 is 19.1 Å². The monoisotopic (exact) mass is 345 g/mol. The van der Waals surface area contributed by atoms with Gasteiger partial charge in [0.1, 0.15) is 6.04 Å². The highest BCUT2D eigenvalue weighted by Gasteiger charge is 2.32. The minimum absolute atomic E-state index is 0.274. The first-order chi connectivity index (χ1) is 12.1. The Balaban J connectivity index is 1.65. The van der Waals surface area contributed by atoms with E-state index in [9.17, 15) is 14.4 Å². The molecule has 0 N–H and O–H groups in total. The molecule has 1 heterocycles. The number of amides is 1. The van der Waals surface area contributed by atoms with E-state index < -0.39 is 11.9 Å². The molecule has 5 nitrogen and oxygen atoms in total. The summed E-state index contributed by atoms with van der Waals surface area (Å²) in [7, 11) is 0. The summed E-state index contributed by atoms with van der Waals surface area (Å²) in [4.78, 5) is 35.8. The van der Waals surface area contributed by atoms with E-state index in [2.05, 4.69) is 31.2 Å². The number of carbonyl (C=O) groups is 3. The van der Waals surface area contributed by atoms with Crippen LogP contribution in [0.1, 0.15) is 49.7 Å². The molecular weight excluding hydrogens is 318 g/mol. The van der Waals surface area contributed by atoms with Crippen molar-refractivity contribution in [1.29, 1.82) is 0 Å². The molecule has 1 aromatic rings. The topological polar surface area (TPSA) is 63.7 Å². The van der Waals surface area contributed by atoms with Gasteiger partial charge in [0, 0.05) is 6.54 Å². The Bertz CT molecular complexity index is 582. The van der Waals surface area contributed by atoms with E-state index in [1.54, 1.807) is 0 Å². The molecule has 1 aliphatic rings. The van der Waals surface area contributed by atoms with E-state index in [4.69, 9.17) is 4.74 Å². The predicted molar refractivity (Wildman–Crippen MR) is 95.1 cm³/mol. The molecule has 136 valence electrons. The lowest BCUT2D eigenvalue weighted by Gasteiger charge is -2.32. The normalized spacial score (nSPS) is 17.2. The highest BCUT2D eigenvalue weighted by molar-refractivity contribution is 6.24. The fourth-order valence-electron chi connectivity index (χ4n) is 3.14. The van der Waals surface area contributed by atoms with Gasteiger partial charge in [0.25, 0.3) is 5.91 Å². The number of likely N-dealkylation sites (tertiary alicyclic amines) is 1. The van der Waals surface area contributed by atoms with Crippen LogP contribution in [0.25, 0.3) is 0 Å². The number of esters is 1. The fraction of sp³-hybridized carbons (Fsp3) is 0.550. The Kier molecular flexibility index (Phi) is 7.64. The van der Waals surface area contributed by atoms with Gasteiger partial charge >= 0.3 is 5.97 Å². The van der Waals surface area contributed by atoms with E-state index in [1.165, 1.54) is 16.0 Å². The average Bonchev–Trinajstić information content (AvgIpc) is 2.65. The summed E-state index contributed by atoms with van der Waals surface area (Å²) in [6, 6.07) is 7.94. The van der Waals surface area contributed by atoms with Gasteiger partial charge in [-0.3, -0.25) is 9.59 Å². The molecule has 1 aromatic carbocycles. The molecule has 1 amide bonds. The van der Waals surface area contributed by atoms with Crippen LogP contribution in [0.2, 0.25) is 0 Å². The van der Waals surface area contributed by atoms with Crippen LogP contribution in [0.4, 0.5) is 0 Å². The highest BCUT2D eigenvalue weighted by atomic mass is 16.5. The molecular formula is C20H27NO4. The number of aryl methyl sites for hydroxylation is 2. The van der Waals surface area contributed by atoms with Crippen LogP contribution >= 0.6 is 0 Å². The van der Waals surface area contributed by atoms with Gasteiger partial charge in [-0.05, 0) is 57.4 Å². The molecule has 1 fully saturated rings. The quantitative estimate of drug-likeness (QED) is 0.314. The lowest BCUT2D eigenvalue weighted by molar-refractivity contribution is -0.157. The molecule has 2 rings (SSSR count). The van der Waals surface area contributed by atoms with E-state index >= 15 is 0 Å². The summed E-state index contributed by atoms with van der Waals surface area (Å²) < 4.78 is 5.33. The van der Waals surface area contributed by atoms with Crippen LogP contribution in [0.5, 0.6) is 0 Å². The van der Waals surface area contributed by atoms with Crippen molar-refractivity contribution in [2.45, 2.75) is 57.9 Å². The second-order valence-corrected chi connectivity index (χ2v) is 6.62. The highest BCUT2D eigenvalue weighted by Crippen LogP contribution is 2.18. The maximum absolute atomic E-state index is 12.2. The molecule has 1 unspecified atom stereocenters. The van der Waals surface area contributed by atoms with Crippen LogP contribution in [0.15, 0.2) is 24.3 Å². The van der Waals surface area contributed by atoms with Crippen LogP contribution in [-0.2, 0) is 25.5 Å². The smallest absolute Gasteiger partial charge is 0.328 e. The molecule has 0 aliphatic carbocycles. The summed E-state index contributed by atoms with van der Waals surface area (Å²) >= 11 is 0. The minimum atomic E-state index is -0.625. The lowest BCUT2D eigenvalue weighted by Crippen LogP contribution is -2.49. The van der Waals surface area contributed by atoms with Gasteiger partial charge in [0.15, 0.2) is 0 Å². The molecule has 1 atom stereocenters. The molecule has 0 saturated carbocycles. The Labute approximate surface area is 149 Å². The number of hydrogen-bond donors (Lipinski definition) is 0. The number of nitrogens with zero attached hydrogens (tertiary/aromatic N) is 1. The minimum Gasteiger partial charge on any atom is -0.464 e. The average molecular weight is 345 g/mol. The largest absolute Gasteiger partial charge is 0.464 e. The molecule has 1 aliphatic heterocycles. The van der Waals surface area contributed by atoms with Gasteiger partial charge in [-0.25, -0.2) is 4.79 Å². The van der Waals surface area contributed by atoms with Gasteiger partial charge < -0.3 is 9.64 Å². The standard InChI is InChI=1S/C20H27NO4/c1-16-9-11-17(12-10-16)7-3-2-6-14-25-20(24)18-8-4-5-13-21(18)19(23)15-22/h9-12,15,18H,2-8,13-14H2,1H3. The first-order valence-corrected chi connectivity index (χ1v) is 9.10. The first kappa shape index (κ1) is 19.2. The van der Waals surface area contributed by atoms with Gasteiger partial charge in [-0.15, -0.1) is 0 Å². The Morgan fingerprint density at radius 1 is 1.16 bits per heavy atom. The maximum atomic E-state index is 12.2. The Morgan fingerprint density at radius 3 is 2.64 bits per heavy atom. The van der Waals surface area contributed by atoms with E-state index in [0.717, 1.165) is 38.5 Å². The number of unbranched alkanes of at least 4 members (excludes halogenated alkanes) is 2. The van der Waals surface area contributed by atoms with E-state index in [0.29, 0.717) is 19.6 Å². The molecule has 1 saturated heterocycles. The van der Waals surface area contributed by atoms with E-state index in [1.807, 2.05) is 0 Å². The zero-order valence-electron chi connectivity index (χ0n) is 14.9. The maximum Gasteiger partial charge on any atom is 0.328 e. The van der Waals surface area contributed by atoms with Crippen molar-refractivity contribution in [1.82, 2.24) is 4.90 Å². The number of piperidine rings is 1. The zero-order valence-corrected chi connectivity index (χ0v) is 14.9. The first-order valence-electron chi connectivity index (χ1n) is 9.10. The van der Waals surface area contributed by atoms with Gasteiger partial charge in [0.05, 0.1) is 6.61 Å². The number of aldehydes is 1. The van der Waals surface area contributed by atoms with Crippen molar-refractivity contribution in [2.75, 3.05) is 13.2 Å².